The number of rotatable bonds is 6. The zero-order valence-electron chi connectivity index (χ0n) is 16.9. The van der Waals surface area contributed by atoms with Crippen LogP contribution in [0.1, 0.15) is 39.3 Å². The maximum Gasteiger partial charge on any atom is 0.390 e. The molecule has 1 aliphatic heterocycles. The molecule has 0 unspecified atom stereocenters. The minimum absolute atomic E-state index is 0.0765. The van der Waals surface area contributed by atoms with Gasteiger partial charge in [-0.2, -0.15) is 4.68 Å². The van der Waals surface area contributed by atoms with Crippen molar-refractivity contribution in [2.75, 3.05) is 13.1 Å². The molecule has 156 valence electrons. The second kappa shape index (κ2) is 8.79. The Kier molecular flexibility index (Phi) is 5.94. The fraction of sp³-hybridized carbons (Fsp3) is 0.364. The predicted octanol–water partition coefficient (Wildman–Crippen LogP) is 4.30. The average Bonchev–Trinajstić information content (AvgIpc) is 3.36. The summed E-state index contributed by atoms with van der Waals surface area (Å²) in [6.45, 7) is 3.78. The van der Waals surface area contributed by atoms with E-state index >= 15 is 0 Å². The Morgan fingerprint density at radius 1 is 1.20 bits per heavy atom. The van der Waals surface area contributed by atoms with Crippen LogP contribution in [0.25, 0.3) is 0 Å². The van der Waals surface area contributed by atoms with Crippen LogP contribution >= 0.6 is 11.3 Å². The Morgan fingerprint density at radius 2 is 1.93 bits per heavy atom. The number of benzene rings is 1. The number of piperidine rings is 1. The molecule has 1 aliphatic rings. The lowest BCUT2D eigenvalue weighted by Gasteiger charge is -2.31. The van der Waals surface area contributed by atoms with Crippen molar-refractivity contribution in [2.24, 2.45) is 5.92 Å². The first-order chi connectivity index (χ1) is 14.5. The predicted molar refractivity (Wildman–Crippen MR) is 116 cm³/mol. The molecular formula is C22H24N4O3S. The van der Waals surface area contributed by atoms with Crippen molar-refractivity contribution in [1.82, 2.24) is 14.7 Å². The lowest BCUT2D eigenvalue weighted by Crippen LogP contribution is -2.38. The lowest BCUT2D eigenvalue weighted by molar-refractivity contribution is -0.389. The molecule has 0 spiro atoms. The Hall–Kier alpha value is -3.00. The van der Waals surface area contributed by atoms with Crippen molar-refractivity contribution in [3.63, 3.8) is 0 Å². The fourth-order valence-corrected chi connectivity index (χ4v) is 4.80. The summed E-state index contributed by atoms with van der Waals surface area (Å²) in [7, 11) is 0. The zero-order chi connectivity index (χ0) is 21.1. The van der Waals surface area contributed by atoms with Gasteiger partial charge in [0.05, 0.1) is 28.3 Å². The summed E-state index contributed by atoms with van der Waals surface area (Å²) in [5.41, 5.74) is 3.02. The van der Waals surface area contributed by atoms with Gasteiger partial charge in [0.2, 0.25) is 0 Å². The highest BCUT2D eigenvalue weighted by molar-refractivity contribution is 7.12. The van der Waals surface area contributed by atoms with Gasteiger partial charge in [-0.05, 0) is 59.6 Å². The number of thiophene rings is 1. The molecule has 0 radical (unpaired) electrons. The number of amides is 1. The molecule has 3 heterocycles. The molecule has 1 saturated heterocycles. The normalized spacial score (nSPS) is 14.8. The number of carbonyl (C=O) groups excluding carboxylic acids is 1. The van der Waals surface area contributed by atoms with Crippen LogP contribution < -0.4 is 0 Å². The van der Waals surface area contributed by atoms with Crippen LogP contribution in [0, 0.1) is 23.0 Å². The summed E-state index contributed by atoms with van der Waals surface area (Å²) in [4.78, 5) is 26.0. The summed E-state index contributed by atoms with van der Waals surface area (Å²) in [5.74, 6) is 0.541. The topological polar surface area (TPSA) is 81.3 Å². The van der Waals surface area contributed by atoms with Gasteiger partial charge in [-0.1, -0.05) is 30.3 Å². The van der Waals surface area contributed by atoms with Crippen molar-refractivity contribution in [3.8, 4) is 0 Å². The van der Waals surface area contributed by atoms with Gasteiger partial charge in [-0.25, -0.2) is 0 Å². The number of nitro groups is 1. The van der Waals surface area contributed by atoms with Gasteiger partial charge in [-0.3, -0.25) is 4.79 Å². The van der Waals surface area contributed by atoms with E-state index in [0.717, 1.165) is 43.6 Å². The van der Waals surface area contributed by atoms with Crippen LogP contribution in [0.4, 0.5) is 5.82 Å². The van der Waals surface area contributed by atoms with Gasteiger partial charge >= 0.3 is 5.82 Å². The van der Waals surface area contributed by atoms with E-state index in [-0.39, 0.29) is 11.7 Å². The third kappa shape index (κ3) is 4.59. The van der Waals surface area contributed by atoms with E-state index in [2.05, 4.69) is 29.4 Å². The number of carbonyl (C=O) groups is 1. The fourth-order valence-electron chi connectivity index (χ4n) is 3.93. The van der Waals surface area contributed by atoms with Gasteiger partial charge in [-0.15, -0.1) is 11.3 Å². The maximum atomic E-state index is 12.9. The molecule has 8 heteroatoms. The molecule has 1 fully saturated rings. The van der Waals surface area contributed by atoms with E-state index in [1.54, 1.807) is 11.6 Å². The first-order valence-corrected chi connectivity index (χ1v) is 11.0. The molecule has 4 rings (SSSR count). The largest absolute Gasteiger partial charge is 0.390 e. The van der Waals surface area contributed by atoms with Gasteiger partial charge in [0.1, 0.15) is 0 Å². The molecule has 1 amide bonds. The van der Waals surface area contributed by atoms with Crippen LogP contribution in [-0.2, 0) is 13.0 Å². The van der Waals surface area contributed by atoms with Crippen molar-refractivity contribution >= 4 is 23.1 Å². The highest BCUT2D eigenvalue weighted by Gasteiger charge is 2.25. The summed E-state index contributed by atoms with van der Waals surface area (Å²) in [6, 6.07) is 13.9. The smallest absolute Gasteiger partial charge is 0.358 e. The molecule has 7 nitrogen and oxygen atoms in total. The highest BCUT2D eigenvalue weighted by atomic mass is 32.1. The van der Waals surface area contributed by atoms with Crippen LogP contribution in [-0.4, -0.2) is 38.6 Å². The standard InChI is InChI=1S/C22H24N4O3S/c1-16-11-21(26(28)29)23-25(16)14-19-13-20(30-15-19)22(27)24-9-7-18(8-10-24)12-17-5-3-2-4-6-17/h2-6,11,13,15,18H,7-10,12,14H2,1H3. The minimum atomic E-state index is -0.493. The molecule has 0 saturated carbocycles. The minimum Gasteiger partial charge on any atom is -0.358 e. The summed E-state index contributed by atoms with van der Waals surface area (Å²) < 4.78 is 1.60. The number of aromatic nitrogens is 2. The molecule has 3 aromatic rings. The Morgan fingerprint density at radius 3 is 2.60 bits per heavy atom. The van der Waals surface area contributed by atoms with E-state index < -0.39 is 4.92 Å². The number of nitrogens with zero attached hydrogens (tertiary/aromatic N) is 4. The molecular weight excluding hydrogens is 400 g/mol. The lowest BCUT2D eigenvalue weighted by atomic mass is 9.90. The molecule has 0 aliphatic carbocycles. The van der Waals surface area contributed by atoms with Crippen molar-refractivity contribution < 1.29 is 9.72 Å². The van der Waals surface area contributed by atoms with Crippen LogP contribution in [0.3, 0.4) is 0 Å². The number of aryl methyl sites for hydroxylation is 1. The summed E-state index contributed by atoms with van der Waals surface area (Å²) in [6.07, 6.45) is 3.12. The van der Waals surface area contributed by atoms with Crippen LogP contribution in [0.2, 0.25) is 0 Å². The Balaban J connectivity index is 1.34. The second-order valence-corrected chi connectivity index (χ2v) is 8.71. The molecule has 30 heavy (non-hydrogen) atoms. The number of hydrogen-bond donors (Lipinski definition) is 0. The SMILES string of the molecule is Cc1cc([N+](=O)[O-])nn1Cc1csc(C(=O)N2CCC(Cc3ccccc3)CC2)c1. The van der Waals surface area contributed by atoms with Crippen molar-refractivity contribution in [2.45, 2.75) is 32.7 Å². The van der Waals surface area contributed by atoms with Gasteiger partial charge in [0.25, 0.3) is 5.91 Å². The van der Waals surface area contributed by atoms with E-state index in [9.17, 15) is 14.9 Å². The van der Waals surface area contributed by atoms with Crippen molar-refractivity contribution in [1.29, 1.82) is 0 Å². The zero-order valence-corrected chi connectivity index (χ0v) is 17.7. The highest BCUT2D eigenvalue weighted by Crippen LogP contribution is 2.25. The summed E-state index contributed by atoms with van der Waals surface area (Å²) in [5, 5.41) is 16.8. The van der Waals surface area contributed by atoms with E-state index in [0.29, 0.717) is 17.3 Å². The third-order valence-electron chi connectivity index (χ3n) is 5.62. The molecule has 0 N–H and O–H groups in total. The molecule has 2 aromatic heterocycles. The first kappa shape index (κ1) is 20.3. The Labute approximate surface area is 179 Å². The first-order valence-electron chi connectivity index (χ1n) is 10.1. The second-order valence-electron chi connectivity index (χ2n) is 7.80. The average molecular weight is 425 g/mol. The van der Waals surface area contributed by atoms with E-state index in [4.69, 9.17) is 0 Å². The molecule has 0 bridgehead atoms. The van der Waals surface area contributed by atoms with Gasteiger partial charge in [0.15, 0.2) is 0 Å². The molecule has 1 aromatic carbocycles. The monoisotopic (exact) mass is 424 g/mol. The van der Waals surface area contributed by atoms with Crippen molar-refractivity contribution in [3.05, 3.63) is 79.7 Å². The van der Waals surface area contributed by atoms with Gasteiger partial charge < -0.3 is 15.0 Å². The van der Waals surface area contributed by atoms with Crippen LogP contribution in [0.5, 0.6) is 0 Å². The summed E-state index contributed by atoms with van der Waals surface area (Å²) >= 11 is 1.43. The molecule has 0 atom stereocenters. The third-order valence-corrected chi connectivity index (χ3v) is 6.59. The maximum absolute atomic E-state index is 12.9. The van der Waals surface area contributed by atoms with E-state index in [1.165, 1.54) is 23.0 Å². The number of likely N-dealkylation sites (tertiary alicyclic amines) is 1. The van der Waals surface area contributed by atoms with Crippen LogP contribution in [0.15, 0.2) is 47.8 Å². The number of hydrogen-bond acceptors (Lipinski definition) is 5. The van der Waals surface area contributed by atoms with Gasteiger partial charge in [0, 0.05) is 13.1 Å². The Bertz CT molecular complexity index is 1040. The van der Waals surface area contributed by atoms with E-state index in [1.807, 2.05) is 22.4 Å². The quantitative estimate of drug-likeness (QED) is 0.436.